The molecule has 2 aliphatic rings. The van der Waals surface area contributed by atoms with Crippen molar-refractivity contribution >= 4 is 50.9 Å². The molecule has 0 radical (unpaired) electrons. The number of amides is 5. The van der Waals surface area contributed by atoms with E-state index in [-0.39, 0.29) is 41.6 Å². The molecule has 1 saturated heterocycles. The predicted octanol–water partition coefficient (Wildman–Crippen LogP) is 3.54. The third kappa shape index (κ3) is 11.3. The highest BCUT2D eigenvalue weighted by molar-refractivity contribution is 7.91. The maximum atomic E-state index is 14.5. The molecule has 0 spiro atoms. The van der Waals surface area contributed by atoms with E-state index in [1.54, 1.807) is 13.8 Å². The number of sulfonamides is 1. The Bertz CT molecular complexity index is 1640. The number of nitrogens with one attached hydrogen (secondary N) is 4. The van der Waals surface area contributed by atoms with Crippen molar-refractivity contribution in [3.05, 3.63) is 23.4 Å². The first-order chi connectivity index (χ1) is 24.4. The van der Waals surface area contributed by atoms with Crippen LogP contribution in [0.2, 0.25) is 0 Å². The van der Waals surface area contributed by atoms with Crippen molar-refractivity contribution in [3.8, 4) is 0 Å². The number of nitrogens with zero attached hydrogens (tertiary/aromatic N) is 3. The lowest BCUT2D eigenvalue weighted by Gasteiger charge is -2.38. The molecule has 1 unspecified atom stereocenters. The van der Waals surface area contributed by atoms with Crippen molar-refractivity contribution in [2.75, 3.05) is 26.7 Å². The molecule has 1 aromatic heterocycles. The van der Waals surface area contributed by atoms with Gasteiger partial charge in [-0.25, -0.2) is 18.2 Å². The predicted molar refractivity (Wildman–Crippen MR) is 205 cm³/mol. The van der Waals surface area contributed by atoms with Gasteiger partial charge in [0, 0.05) is 32.7 Å². The number of aryl methyl sites for hydroxylation is 2. The third-order valence-corrected chi connectivity index (χ3v) is 13.5. The van der Waals surface area contributed by atoms with Crippen molar-refractivity contribution in [1.82, 2.24) is 35.5 Å². The molecule has 1 aliphatic carbocycles. The standard InChI is InChI=1S/C37H61N7O7S2/c1-13-17-38-32(47)29(45)26(19-24-14-15-24)40-31(46)28-25(21(2)3)16-18-44(28)33(48)30(37(9,10)11)42-35(49)41-27(36(6,7)8)20-43(12)53(50,51)34-22(4)39-23(5)52-34/h13,21,24-28,30H,1,14-20H2,2-12H3,(H,38,47)(H,40,46)(H2,41,42,49)/t25-,26?,27-,28+,30-/m1/s1. The summed E-state index contributed by atoms with van der Waals surface area (Å²) >= 11 is 1.09. The summed E-state index contributed by atoms with van der Waals surface area (Å²) in [5.74, 6) is -2.49. The quantitative estimate of drug-likeness (QED) is 0.145. The summed E-state index contributed by atoms with van der Waals surface area (Å²) in [6, 6.07) is -4.35. The van der Waals surface area contributed by atoms with E-state index in [9.17, 15) is 32.4 Å². The summed E-state index contributed by atoms with van der Waals surface area (Å²) in [5, 5.41) is 11.8. The number of likely N-dealkylation sites (N-methyl/N-ethyl adjacent to an activating group) is 1. The van der Waals surface area contributed by atoms with E-state index in [1.807, 2.05) is 55.4 Å². The minimum atomic E-state index is -3.89. The van der Waals surface area contributed by atoms with E-state index in [4.69, 9.17) is 0 Å². The lowest BCUT2D eigenvalue weighted by molar-refractivity contribution is -0.144. The fraction of sp³-hybridized carbons (Fsp3) is 0.730. The molecule has 3 rings (SSSR count). The molecule has 16 heteroatoms. The first-order valence-electron chi connectivity index (χ1n) is 18.4. The molecule has 14 nitrogen and oxygen atoms in total. The van der Waals surface area contributed by atoms with Crippen LogP contribution in [0.4, 0.5) is 4.79 Å². The van der Waals surface area contributed by atoms with Crippen molar-refractivity contribution in [1.29, 1.82) is 0 Å². The fourth-order valence-corrected chi connectivity index (χ4v) is 9.47. The molecule has 1 aromatic rings. The van der Waals surface area contributed by atoms with Gasteiger partial charge in [0.1, 0.15) is 12.1 Å². The molecule has 53 heavy (non-hydrogen) atoms. The first-order valence-corrected chi connectivity index (χ1v) is 20.7. The monoisotopic (exact) mass is 779 g/mol. The van der Waals surface area contributed by atoms with E-state index in [0.29, 0.717) is 23.5 Å². The van der Waals surface area contributed by atoms with Crippen LogP contribution in [0.25, 0.3) is 0 Å². The topological polar surface area (TPSA) is 187 Å². The molecule has 2 fully saturated rings. The molecule has 2 heterocycles. The maximum Gasteiger partial charge on any atom is 0.315 e. The third-order valence-electron chi connectivity index (χ3n) is 10.1. The van der Waals surface area contributed by atoms with Gasteiger partial charge in [0.05, 0.1) is 16.7 Å². The first kappa shape index (κ1) is 44.0. The van der Waals surface area contributed by atoms with Crippen LogP contribution in [0.3, 0.4) is 0 Å². The van der Waals surface area contributed by atoms with Crippen LogP contribution in [0, 0.1) is 42.4 Å². The van der Waals surface area contributed by atoms with Crippen molar-refractivity contribution in [3.63, 3.8) is 0 Å². The number of likely N-dealkylation sites (tertiary alicyclic amines) is 1. The van der Waals surface area contributed by atoms with Crippen LogP contribution in [0.5, 0.6) is 0 Å². The number of hydrogen-bond donors (Lipinski definition) is 4. The molecule has 4 N–H and O–H groups in total. The largest absolute Gasteiger partial charge is 0.346 e. The second-order valence-electron chi connectivity index (χ2n) is 17.0. The second kappa shape index (κ2) is 17.4. The number of thiazole rings is 1. The molecular formula is C37H61N7O7S2. The van der Waals surface area contributed by atoms with Gasteiger partial charge in [0.25, 0.3) is 15.9 Å². The van der Waals surface area contributed by atoms with E-state index in [2.05, 4.69) is 32.8 Å². The summed E-state index contributed by atoms with van der Waals surface area (Å²) in [6.07, 6.45) is 4.15. The van der Waals surface area contributed by atoms with Gasteiger partial charge in [-0.2, -0.15) is 4.31 Å². The van der Waals surface area contributed by atoms with Gasteiger partial charge >= 0.3 is 6.03 Å². The second-order valence-corrected chi connectivity index (χ2v) is 20.4. The van der Waals surface area contributed by atoms with Crippen molar-refractivity contribution in [2.24, 2.45) is 28.6 Å². The van der Waals surface area contributed by atoms with Crippen LogP contribution in [-0.4, -0.2) is 103 Å². The number of carbonyl (C=O) groups is 5. The van der Waals surface area contributed by atoms with Crippen LogP contribution >= 0.6 is 11.3 Å². The Labute approximate surface area is 319 Å². The summed E-state index contributed by atoms with van der Waals surface area (Å²) < 4.78 is 28.4. The van der Waals surface area contributed by atoms with Gasteiger partial charge in [0.2, 0.25) is 17.6 Å². The average Bonchev–Trinajstić information content (AvgIpc) is 3.62. The van der Waals surface area contributed by atoms with E-state index < -0.39 is 74.6 Å². The minimum Gasteiger partial charge on any atom is -0.346 e. The number of rotatable bonds is 16. The molecule has 1 aliphatic heterocycles. The van der Waals surface area contributed by atoms with Crippen LogP contribution in [0.1, 0.15) is 91.8 Å². The van der Waals surface area contributed by atoms with Crippen LogP contribution < -0.4 is 21.3 Å². The summed E-state index contributed by atoms with van der Waals surface area (Å²) in [6.45, 7) is 22.3. The molecule has 0 bridgehead atoms. The number of Topliss-reactive ketones (excluding diaryl/α,β-unsaturated/α-hetero) is 1. The molecular weight excluding hydrogens is 719 g/mol. The summed E-state index contributed by atoms with van der Waals surface area (Å²) in [5.41, 5.74) is -0.963. The van der Waals surface area contributed by atoms with Gasteiger partial charge in [-0.15, -0.1) is 17.9 Å². The highest BCUT2D eigenvalue weighted by Crippen LogP contribution is 2.36. The van der Waals surface area contributed by atoms with Gasteiger partial charge < -0.3 is 26.2 Å². The fourth-order valence-electron chi connectivity index (χ4n) is 6.61. The van der Waals surface area contributed by atoms with Gasteiger partial charge in [-0.3, -0.25) is 19.2 Å². The Kier molecular flexibility index (Phi) is 14.5. The zero-order valence-corrected chi connectivity index (χ0v) is 34.9. The van der Waals surface area contributed by atoms with E-state index in [0.717, 1.165) is 24.2 Å². The Balaban J connectivity index is 1.84. The van der Waals surface area contributed by atoms with Crippen molar-refractivity contribution in [2.45, 2.75) is 123 Å². The zero-order chi connectivity index (χ0) is 40.2. The molecule has 0 aromatic carbocycles. The number of aromatic nitrogens is 1. The Morgan fingerprint density at radius 3 is 2.11 bits per heavy atom. The number of urea groups is 1. The highest BCUT2D eigenvalue weighted by Gasteiger charge is 2.48. The molecule has 5 amide bonds. The average molecular weight is 780 g/mol. The maximum absolute atomic E-state index is 14.5. The summed E-state index contributed by atoms with van der Waals surface area (Å²) in [4.78, 5) is 73.9. The van der Waals surface area contributed by atoms with E-state index in [1.165, 1.54) is 22.3 Å². The molecule has 298 valence electrons. The normalized spacial score (nSPS) is 19.8. The molecule has 5 atom stereocenters. The van der Waals surface area contributed by atoms with E-state index >= 15 is 0 Å². The SMILES string of the molecule is C=CCNC(=O)C(=O)C(CC1CC1)NC(=O)[C@@H]1[C@@H](C(C)C)CCN1C(=O)[C@@H](NC(=O)N[C@H](CN(C)S(=O)(=O)c1sc(C)nc1C)C(C)(C)C)C(C)(C)C. The van der Waals surface area contributed by atoms with Gasteiger partial charge in [-0.1, -0.05) is 74.3 Å². The number of carbonyl (C=O) groups excluding carboxylic acids is 5. The minimum absolute atomic E-state index is 0.0137. The molecule has 1 saturated carbocycles. The lowest BCUT2D eigenvalue weighted by Crippen LogP contribution is -2.62. The van der Waals surface area contributed by atoms with Gasteiger partial charge in [-0.05, 0) is 55.3 Å². The highest BCUT2D eigenvalue weighted by atomic mass is 32.2. The Morgan fingerprint density at radius 2 is 1.62 bits per heavy atom. The Morgan fingerprint density at radius 1 is 1.00 bits per heavy atom. The number of ketones is 1. The summed E-state index contributed by atoms with van der Waals surface area (Å²) in [7, 11) is -2.43. The van der Waals surface area contributed by atoms with Gasteiger partial charge in [0.15, 0.2) is 4.21 Å². The van der Waals surface area contributed by atoms with Crippen molar-refractivity contribution < 1.29 is 32.4 Å². The lowest BCUT2D eigenvalue weighted by atomic mass is 9.84. The van der Waals surface area contributed by atoms with Crippen LogP contribution in [-0.2, 0) is 29.2 Å². The zero-order valence-electron chi connectivity index (χ0n) is 33.3. The Hall–Kier alpha value is -3.37. The number of hydrogen-bond acceptors (Lipinski definition) is 9. The van der Waals surface area contributed by atoms with Crippen LogP contribution in [0.15, 0.2) is 16.9 Å². The smallest absolute Gasteiger partial charge is 0.315 e.